The van der Waals surface area contributed by atoms with E-state index in [9.17, 15) is 0 Å². The maximum atomic E-state index is 2.57. The molecule has 2 aliphatic carbocycles. The second-order valence-corrected chi connectivity index (χ2v) is 19.7. The topological polar surface area (TPSA) is 9.86 Å². The number of hydrogen-bond acceptors (Lipinski definition) is 0. The number of aromatic nitrogens is 2. The molecule has 312 valence electrons. The van der Waals surface area contributed by atoms with Crippen LogP contribution in [-0.4, -0.2) is 9.13 Å². The van der Waals surface area contributed by atoms with E-state index in [4.69, 9.17) is 0 Å². The van der Waals surface area contributed by atoms with Crippen LogP contribution < -0.4 is 0 Å². The molecule has 2 aliphatic rings. The average molecular weight is 843 g/mol. The average Bonchev–Trinajstić information content (AvgIpc) is 4.04. The lowest BCUT2D eigenvalue weighted by Gasteiger charge is -2.23. The first-order valence-corrected chi connectivity index (χ1v) is 23.3. The van der Waals surface area contributed by atoms with E-state index in [-0.39, 0.29) is 10.8 Å². The Kier molecular flexibility index (Phi) is 7.55. The molecule has 0 aliphatic heterocycles. The molecule has 0 bridgehead atoms. The predicted molar refractivity (Wildman–Crippen MR) is 279 cm³/mol. The first-order chi connectivity index (χ1) is 32.3. The van der Waals surface area contributed by atoms with E-state index in [1.807, 2.05) is 0 Å². The molecule has 0 saturated heterocycles. The molecule has 2 heteroatoms. The van der Waals surface area contributed by atoms with Gasteiger partial charge in [-0.1, -0.05) is 185 Å². The third kappa shape index (κ3) is 5.02. The maximum Gasteiger partial charge on any atom is 0.0724 e. The van der Waals surface area contributed by atoms with E-state index in [0.29, 0.717) is 0 Å². The summed E-state index contributed by atoms with van der Waals surface area (Å²) in [6, 6.07) is 77.8. The zero-order valence-corrected chi connectivity index (χ0v) is 37.5. The smallest absolute Gasteiger partial charge is 0.0724 e. The van der Waals surface area contributed by atoms with Crippen LogP contribution in [-0.2, 0) is 10.8 Å². The van der Waals surface area contributed by atoms with Crippen molar-refractivity contribution in [2.45, 2.75) is 38.5 Å². The molecular formula is C64H46N2. The van der Waals surface area contributed by atoms with E-state index in [1.165, 1.54) is 121 Å². The predicted octanol–water partition coefficient (Wildman–Crippen LogP) is 17.0. The van der Waals surface area contributed by atoms with Gasteiger partial charge in [-0.2, -0.15) is 0 Å². The van der Waals surface area contributed by atoms with Crippen molar-refractivity contribution in [2.75, 3.05) is 0 Å². The van der Waals surface area contributed by atoms with Crippen molar-refractivity contribution in [3.8, 4) is 56.1 Å². The first kappa shape index (κ1) is 37.4. The summed E-state index contributed by atoms with van der Waals surface area (Å²) < 4.78 is 5.14. The van der Waals surface area contributed by atoms with Crippen molar-refractivity contribution >= 4 is 54.1 Å². The molecule has 10 aromatic carbocycles. The van der Waals surface area contributed by atoms with Crippen LogP contribution >= 0.6 is 0 Å². The van der Waals surface area contributed by atoms with Gasteiger partial charge >= 0.3 is 0 Å². The molecule has 0 saturated carbocycles. The molecule has 0 unspecified atom stereocenters. The third-order valence-corrected chi connectivity index (χ3v) is 15.5. The third-order valence-electron chi connectivity index (χ3n) is 15.5. The second kappa shape index (κ2) is 13.3. The maximum absolute atomic E-state index is 2.57. The molecule has 0 amide bonds. The molecule has 66 heavy (non-hydrogen) atoms. The summed E-state index contributed by atoms with van der Waals surface area (Å²) in [6.07, 6.45) is 0. The molecule has 2 nitrogen and oxygen atoms in total. The van der Waals surface area contributed by atoms with Crippen LogP contribution in [0.1, 0.15) is 49.9 Å². The minimum atomic E-state index is -0.153. The van der Waals surface area contributed by atoms with E-state index >= 15 is 0 Å². The summed E-state index contributed by atoms with van der Waals surface area (Å²) in [4.78, 5) is 0. The lowest BCUT2D eigenvalue weighted by molar-refractivity contribution is 0.659. The Morgan fingerprint density at radius 3 is 1.06 bits per heavy atom. The van der Waals surface area contributed by atoms with Crippen LogP contribution in [0.25, 0.3) is 110 Å². The van der Waals surface area contributed by atoms with Crippen LogP contribution in [0.2, 0.25) is 0 Å². The summed E-state index contributed by atoms with van der Waals surface area (Å²) in [5.74, 6) is 0. The highest BCUT2D eigenvalue weighted by atomic mass is 15.1. The zero-order valence-electron chi connectivity index (χ0n) is 37.5. The Morgan fingerprint density at radius 1 is 0.273 bits per heavy atom. The van der Waals surface area contributed by atoms with Crippen molar-refractivity contribution in [1.82, 2.24) is 9.13 Å². The molecule has 0 N–H and O–H groups in total. The monoisotopic (exact) mass is 842 g/mol. The molecule has 2 heterocycles. The van der Waals surface area contributed by atoms with Crippen molar-refractivity contribution in [3.05, 3.63) is 229 Å². The minimum absolute atomic E-state index is 0.153. The quantitative estimate of drug-likeness (QED) is 0.156. The second-order valence-electron chi connectivity index (χ2n) is 19.7. The Hall–Kier alpha value is -7.94. The van der Waals surface area contributed by atoms with Crippen molar-refractivity contribution in [3.63, 3.8) is 0 Å². The van der Waals surface area contributed by atoms with Crippen molar-refractivity contribution in [1.29, 1.82) is 0 Å². The van der Waals surface area contributed by atoms with Gasteiger partial charge in [0.1, 0.15) is 0 Å². The molecule has 2 aromatic heterocycles. The van der Waals surface area contributed by atoms with Crippen LogP contribution in [0, 0.1) is 0 Å². The van der Waals surface area contributed by atoms with Crippen molar-refractivity contribution < 1.29 is 0 Å². The SMILES string of the molecule is CC1(C)c2ccccc2-c2ccc(-n3c(-c4cc5ccccc5c5ccccc45)cc4c3cc(-c3cc5ccccc5c5ccccc35)n4-c3ccc4c(c3)C(C)(C)c3ccccc3-4)cc21. The van der Waals surface area contributed by atoms with Gasteiger partial charge in [-0.3, -0.25) is 0 Å². The standard InChI is InChI=1S/C64H46N2/c1-63(2)55-27-15-13-25-49(55)51-31-29-41(35-57(51)63)65-59(53-33-39-17-5-7-19-43(39)45-21-9-11-23-47(45)53)37-62-61(65)38-60(54-34-40-18-6-8-20-44(40)46-22-10-12-24-48(46)54)66(62)42-30-32-52-50-26-14-16-28-56(50)64(3,4)58(52)36-42/h5-38H,1-4H3. The Labute approximate surface area is 384 Å². The van der Waals surface area contributed by atoms with E-state index in [0.717, 1.165) is 11.4 Å². The molecule has 14 rings (SSSR count). The van der Waals surface area contributed by atoms with Crippen LogP contribution in [0.15, 0.2) is 206 Å². The number of fused-ring (bicyclic) bond motifs is 13. The minimum Gasteiger partial charge on any atom is -0.308 e. The van der Waals surface area contributed by atoms with Crippen LogP contribution in [0.5, 0.6) is 0 Å². The highest BCUT2D eigenvalue weighted by Gasteiger charge is 2.37. The summed E-state index contributed by atoms with van der Waals surface area (Å²) in [7, 11) is 0. The van der Waals surface area contributed by atoms with Gasteiger partial charge in [0.25, 0.3) is 0 Å². The lowest BCUT2D eigenvalue weighted by atomic mass is 9.82. The van der Waals surface area contributed by atoms with E-state index in [2.05, 4.69) is 243 Å². The Balaban J connectivity index is 1.13. The molecule has 0 spiro atoms. The first-order valence-electron chi connectivity index (χ1n) is 23.3. The van der Waals surface area contributed by atoms with E-state index in [1.54, 1.807) is 0 Å². The van der Waals surface area contributed by atoms with E-state index < -0.39 is 0 Å². The Morgan fingerprint density at radius 2 is 0.621 bits per heavy atom. The van der Waals surface area contributed by atoms with Gasteiger partial charge in [-0.05, 0) is 136 Å². The summed E-state index contributed by atoms with van der Waals surface area (Å²) in [5.41, 5.74) is 19.9. The zero-order chi connectivity index (χ0) is 44.1. The molecule has 0 fully saturated rings. The fraction of sp³-hybridized carbons (Fsp3) is 0.0938. The lowest BCUT2D eigenvalue weighted by Crippen LogP contribution is -2.15. The fourth-order valence-electron chi connectivity index (χ4n) is 12.3. The number of hydrogen-bond donors (Lipinski definition) is 0. The highest BCUT2D eigenvalue weighted by molar-refractivity contribution is 6.16. The van der Waals surface area contributed by atoms with Gasteiger partial charge in [-0.25, -0.2) is 0 Å². The summed E-state index contributed by atoms with van der Waals surface area (Å²) in [6.45, 7) is 9.55. The molecule has 0 radical (unpaired) electrons. The summed E-state index contributed by atoms with van der Waals surface area (Å²) in [5, 5.41) is 10.0. The van der Waals surface area contributed by atoms with Gasteiger partial charge in [-0.15, -0.1) is 0 Å². The van der Waals surface area contributed by atoms with Crippen molar-refractivity contribution in [2.24, 2.45) is 0 Å². The van der Waals surface area contributed by atoms with Gasteiger partial charge in [0.05, 0.1) is 22.4 Å². The summed E-state index contributed by atoms with van der Waals surface area (Å²) >= 11 is 0. The Bertz CT molecular complexity index is 3790. The molecule has 0 atom stereocenters. The van der Waals surface area contributed by atoms with Gasteiger partial charge in [0, 0.05) is 33.3 Å². The molecule has 12 aromatic rings. The van der Waals surface area contributed by atoms with Crippen LogP contribution in [0.3, 0.4) is 0 Å². The van der Waals surface area contributed by atoms with Gasteiger partial charge in [0.15, 0.2) is 0 Å². The van der Waals surface area contributed by atoms with Gasteiger partial charge < -0.3 is 9.13 Å². The number of nitrogens with zero attached hydrogens (tertiary/aromatic N) is 2. The fourth-order valence-corrected chi connectivity index (χ4v) is 12.3. The van der Waals surface area contributed by atoms with Crippen LogP contribution in [0.4, 0.5) is 0 Å². The normalized spacial score (nSPS) is 14.3. The number of benzene rings is 10. The molecular weight excluding hydrogens is 797 g/mol. The van der Waals surface area contributed by atoms with Gasteiger partial charge in [0.2, 0.25) is 0 Å². The highest BCUT2D eigenvalue weighted by Crippen LogP contribution is 2.52. The number of rotatable bonds is 4. The largest absolute Gasteiger partial charge is 0.308 e.